The van der Waals surface area contributed by atoms with E-state index in [1.54, 1.807) is 0 Å². The summed E-state index contributed by atoms with van der Waals surface area (Å²) in [6.07, 6.45) is -4.23. The van der Waals surface area contributed by atoms with Gasteiger partial charge < -0.3 is 24.4 Å². The molecule has 1 aromatic carbocycles. The lowest BCUT2D eigenvalue weighted by molar-refractivity contribution is -0.144. The molecule has 0 saturated carbocycles. The molecule has 1 heterocycles. The molecule has 0 radical (unpaired) electrons. The number of carbonyl (C=O) groups is 1. The first kappa shape index (κ1) is 17.2. The number of aliphatic hydroxyl groups is 2. The molecule has 1 saturated heterocycles. The molecule has 0 aliphatic carbocycles. The van der Waals surface area contributed by atoms with E-state index in [1.165, 1.54) is 7.11 Å². The van der Waals surface area contributed by atoms with Crippen LogP contribution < -0.4 is 0 Å². The Balaban J connectivity index is 1.86. The molecule has 7 heteroatoms. The number of halogens is 1. The van der Waals surface area contributed by atoms with Gasteiger partial charge in [0.25, 0.3) is 0 Å². The van der Waals surface area contributed by atoms with Crippen molar-refractivity contribution in [2.24, 2.45) is 0 Å². The highest BCUT2D eigenvalue weighted by molar-refractivity contribution is 6.30. The molecule has 1 aliphatic rings. The molecule has 5 unspecified atom stereocenters. The first-order chi connectivity index (χ1) is 10.5. The molecule has 0 amide bonds. The van der Waals surface area contributed by atoms with Crippen molar-refractivity contribution < 1.29 is 29.2 Å². The number of hydrogen-bond donors (Lipinski definition) is 2. The van der Waals surface area contributed by atoms with Crippen molar-refractivity contribution >= 4 is 17.6 Å². The summed E-state index contributed by atoms with van der Waals surface area (Å²) in [6.45, 7) is 0.434. The van der Waals surface area contributed by atoms with E-state index in [-0.39, 0.29) is 6.61 Å². The molecule has 1 aromatic rings. The summed E-state index contributed by atoms with van der Waals surface area (Å²) in [5.41, 5.74) is 0.983. The fraction of sp³-hybridized carbons (Fsp3) is 0.533. The molecule has 0 aromatic heterocycles. The van der Waals surface area contributed by atoms with Crippen LogP contribution in [0.15, 0.2) is 30.3 Å². The lowest BCUT2D eigenvalue weighted by Crippen LogP contribution is -2.40. The van der Waals surface area contributed by atoms with Crippen molar-refractivity contribution in [3.8, 4) is 0 Å². The molecule has 2 rings (SSSR count). The molecule has 2 N–H and O–H groups in total. The summed E-state index contributed by atoms with van der Waals surface area (Å²) < 4.78 is 15.4. The Morgan fingerprint density at radius 3 is 2.64 bits per heavy atom. The summed E-state index contributed by atoms with van der Waals surface area (Å²) in [5.74, 6) is -0.719. The van der Waals surface area contributed by atoms with Crippen LogP contribution in [0.25, 0.3) is 0 Å². The summed E-state index contributed by atoms with van der Waals surface area (Å²) in [7, 11) is 1.19. The number of aliphatic hydroxyl groups excluding tert-OH is 2. The topological polar surface area (TPSA) is 85.2 Å². The zero-order chi connectivity index (χ0) is 16.1. The number of ether oxygens (including phenoxy) is 3. The summed E-state index contributed by atoms with van der Waals surface area (Å²) in [6, 6.07) is 9.52. The van der Waals surface area contributed by atoms with E-state index in [0.29, 0.717) is 6.61 Å². The smallest absolute Gasteiger partial charge is 0.326 e. The van der Waals surface area contributed by atoms with Gasteiger partial charge in [-0.15, -0.1) is 11.6 Å². The number of hydrogen-bond acceptors (Lipinski definition) is 6. The molecule has 122 valence electrons. The molecule has 0 spiro atoms. The maximum absolute atomic E-state index is 11.4. The minimum Gasteiger partial charge on any atom is -0.468 e. The highest BCUT2D eigenvalue weighted by Crippen LogP contribution is 2.27. The average Bonchev–Trinajstić information content (AvgIpc) is 2.83. The maximum atomic E-state index is 11.4. The first-order valence-electron chi connectivity index (χ1n) is 6.89. The van der Waals surface area contributed by atoms with Crippen molar-refractivity contribution in [1.29, 1.82) is 0 Å². The van der Waals surface area contributed by atoms with Crippen LogP contribution in [0.1, 0.15) is 5.56 Å². The number of esters is 1. The van der Waals surface area contributed by atoms with Gasteiger partial charge >= 0.3 is 5.97 Å². The second kappa shape index (κ2) is 7.89. The molecule has 1 aliphatic heterocycles. The minimum absolute atomic E-state index is 0.0778. The Bertz CT molecular complexity index is 482. The molecule has 22 heavy (non-hydrogen) atoms. The van der Waals surface area contributed by atoms with Gasteiger partial charge in [0.1, 0.15) is 24.4 Å². The fourth-order valence-corrected chi connectivity index (χ4v) is 2.57. The van der Waals surface area contributed by atoms with Gasteiger partial charge in [0.15, 0.2) is 5.38 Å². The Hall–Kier alpha value is -1.18. The Kier molecular flexibility index (Phi) is 6.16. The predicted octanol–water partition coefficient (Wildman–Crippen LogP) is 0.473. The van der Waals surface area contributed by atoms with Crippen molar-refractivity contribution in [2.75, 3.05) is 13.7 Å². The molecular weight excluding hydrogens is 312 g/mol. The Morgan fingerprint density at radius 2 is 2.00 bits per heavy atom. The normalized spacial score (nSPS) is 29.3. The van der Waals surface area contributed by atoms with E-state index in [0.717, 1.165) is 5.56 Å². The highest BCUT2D eigenvalue weighted by atomic mass is 35.5. The highest BCUT2D eigenvalue weighted by Gasteiger charge is 2.48. The van der Waals surface area contributed by atoms with Crippen LogP contribution in [0.5, 0.6) is 0 Å². The van der Waals surface area contributed by atoms with Gasteiger partial charge in [-0.2, -0.15) is 0 Å². The van der Waals surface area contributed by atoms with Gasteiger partial charge in [0.05, 0.1) is 20.3 Å². The van der Waals surface area contributed by atoms with Gasteiger partial charge in [-0.25, -0.2) is 0 Å². The zero-order valence-electron chi connectivity index (χ0n) is 12.1. The van der Waals surface area contributed by atoms with Gasteiger partial charge in [0.2, 0.25) is 0 Å². The van der Waals surface area contributed by atoms with E-state index >= 15 is 0 Å². The summed E-state index contributed by atoms with van der Waals surface area (Å²) in [4.78, 5) is 11.4. The van der Waals surface area contributed by atoms with Gasteiger partial charge in [-0.1, -0.05) is 30.3 Å². The summed E-state index contributed by atoms with van der Waals surface area (Å²) in [5, 5.41) is 18.7. The third-order valence-corrected chi connectivity index (χ3v) is 3.93. The van der Waals surface area contributed by atoms with Crippen LogP contribution in [0.4, 0.5) is 0 Å². The Morgan fingerprint density at radius 1 is 1.32 bits per heavy atom. The quantitative estimate of drug-likeness (QED) is 0.583. The predicted molar refractivity (Wildman–Crippen MR) is 78.4 cm³/mol. The SMILES string of the molecule is COC(=O)C(Cl)C1OC(COCc2ccccc2)C(O)C1O. The molecule has 0 bridgehead atoms. The standard InChI is InChI=1S/C15H19ClO6/c1-20-15(19)11(16)14-13(18)12(17)10(22-14)8-21-7-9-5-3-2-4-6-9/h2-6,10-14,17-18H,7-8H2,1H3. The largest absolute Gasteiger partial charge is 0.468 e. The second-order valence-corrected chi connectivity index (χ2v) is 5.52. The van der Waals surface area contributed by atoms with Crippen molar-refractivity contribution in [3.63, 3.8) is 0 Å². The number of methoxy groups -OCH3 is 1. The van der Waals surface area contributed by atoms with Crippen molar-refractivity contribution in [3.05, 3.63) is 35.9 Å². The van der Waals surface area contributed by atoms with Crippen LogP contribution in [0, 0.1) is 0 Å². The lowest BCUT2D eigenvalue weighted by atomic mass is 10.1. The Labute approximate surface area is 133 Å². The van der Waals surface area contributed by atoms with E-state index < -0.39 is 35.8 Å². The first-order valence-corrected chi connectivity index (χ1v) is 7.33. The number of rotatable bonds is 6. The van der Waals surface area contributed by atoms with Crippen LogP contribution in [0.3, 0.4) is 0 Å². The molecular formula is C15H19ClO6. The van der Waals surface area contributed by atoms with E-state index in [1.807, 2.05) is 30.3 Å². The number of alkyl halides is 1. The van der Waals surface area contributed by atoms with Crippen LogP contribution in [0.2, 0.25) is 0 Å². The van der Waals surface area contributed by atoms with E-state index in [2.05, 4.69) is 4.74 Å². The van der Waals surface area contributed by atoms with Gasteiger partial charge in [0, 0.05) is 0 Å². The minimum atomic E-state index is -1.27. The fourth-order valence-electron chi connectivity index (χ4n) is 2.27. The summed E-state index contributed by atoms with van der Waals surface area (Å²) >= 11 is 5.88. The van der Waals surface area contributed by atoms with Gasteiger partial charge in [-0.05, 0) is 5.56 Å². The second-order valence-electron chi connectivity index (χ2n) is 5.05. The van der Waals surface area contributed by atoms with Crippen LogP contribution >= 0.6 is 11.6 Å². The van der Waals surface area contributed by atoms with E-state index in [9.17, 15) is 15.0 Å². The monoisotopic (exact) mass is 330 g/mol. The molecule has 6 nitrogen and oxygen atoms in total. The average molecular weight is 331 g/mol. The van der Waals surface area contributed by atoms with E-state index in [4.69, 9.17) is 21.1 Å². The van der Waals surface area contributed by atoms with Crippen LogP contribution in [-0.4, -0.2) is 59.7 Å². The number of carbonyl (C=O) groups excluding carboxylic acids is 1. The molecule has 5 atom stereocenters. The lowest BCUT2D eigenvalue weighted by Gasteiger charge is -2.18. The maximum Gasteiger partial charge on any atom is 0.326 e. The third-order valence-electron chi connectivity index (χ3n) is 3.51. The van der Waals surface area contributed by atoms with Crippen molar-refractivity contribution in [1.82, 2.24) is 0 Å². The van der Waals surface area contributed by atoms with Crippen LogP contribution in [-0.2, 0) is 25.6 Å². The molecule has 1 fully saturated rings. The van der Waals surface area contributed by atoms with Gasteiger partial charge in [-0.3, -0.25) is 4.79 Å². The van der Waals surface area contributed by atoms with Crippen molar-refractivity contribution in [2.45, 2.75) is 36.4 Å². The number of benzene rings is 1. The third kappa shape index (κ3) is 3.97. The zero-order valence-corrected chi connectivity index (χ0v) is 12.8.